The maximum absolute atomic E-state index is 13.4. The quantitative estimate of drug-likeness (QED) is 0.692. The summed E-state index contributed by atoms with van der Waals surface area (Å²) in [6.07, 6.45) is 1.66. The molecule has 0 aromatic heterocycles. The van der Waals surface area contributed by atoms with E-state index in [0.717, 1.165) is 0 Å². The average Bonchev–Trinajstić information content (AvgIpc) is 2.18. The van der Waals surface area contributed by atoms with E-state index in [9.17, 15) is 8.78 Å². The predicted molar refractivity (Wildman–Crippen MR) is 55.9 cm³/mol. The van der Waals surface area contributed by atoms with E-state index in [-0.39, 0.29) is 6.54 Å². The SMILES string of the molecule is C=CCN1CC(F)(F)C1c1ccccc1. The Bertz CT molecular complexity index is 348. The van der Waals surface area contributed by atoms with Crippen LogP contribution in [0.5, 0.6) is 0 Å². The molecule has 1 aromatic rings. The van der Waals surface area contributed by atoms with Crippen molar-refractivity contribution >= 4 is 0 Å². The van der Waals surface area contributed by atoms with Gasteiger partial charge in [0.05, 0.1) is 6.54 Å². The van der Waals surface area contributed by atoms with Crippen LogP contribution in [-0.2, 0) is 0 Å². The molecule has 0 spiro atoms. The fraction of sp³-hybridized carbons (Fsp3) is 0.333. The van der Waals surface area contributed by atoms with Gasteiger partial charge in [-0.2, -0.15) is 0 Å². The molecule has 1 aliphatic heterocycles. The van der Waals surface area contributed by atoms with Gasteiger partial charge in [-0.3, -0.25) is 4.90 Å². The molecule has 0 saturated carbocycles. The van der Waals surface area contributed by atoms with E-state index in [2.05, 4.69) is 6.58 Å². The minimum atomic E-state index is -2.61. The Morgan fingerprint density at radius 2 is 2.07 bits per heavy atom. The Balaban J connectivity index is 2.21. The summed E-state index contributed by atoms with van der Waals surface area (Å²) in [6.45, 7) is 3.91. The molecule has 1 atom stereocenters. The zero-order valence-corrected chi connectivity index (χ0v) is 8.37. The second-order valence-corrected chi connectivity index (χ2v) is 3.79. The van der Waals surface area contributed by atoms with Crippen LogP contribution in [0.2, 0.25) is 0 Å². The van der Waals surface area contributed by atoms with Gasteiger partial charge in [-0.15, -0.1) is 6.58 Å². The van der Waals surface area contributed by atoms with Gasteiger partial charge in [0.25, 0.3) is 5.92 Å². The van der Waals surface area contributed by atoms with Crippen molar-refractivity contribution < 1.29 is 8.78 Å². The molecule has 80 valence electrons. The first kappa shape index (κ1) is 10.3. The van der Waals surface area contributed by atoms with Gasteiger partial charge in [-0.05, 0) is 5.56 Å². The van der Waals surface area contributed by atoms with Gasteiger partial charge in [0.2, 0.25) is 0 Å². The van der Waals surface area contributed by atoms with Crippen LogP contribution in [0.3, 0.4) is 0 Å². The van der Waals surface area contributed by atoms with Crippen molar-refractivity contribution in [1.82, 2.24) is 4.90 Å². The van der Waals surface area contributed by atoms with E-state index < -0.39 is 12.0 Å². The van der Waals surface area contributed by atoms with Crippen molar-refractivity contribution in [3.05, 3.63) is 48.6 Å². The molecule has 2 rings (SSSR count). The van der Waals surface area contributed by atoms with Crippen LogP contribution in [0.1, 0.15) is 11.6 Å². The molecule has 0 bridgehead atoms. The Morgan fingerprint density at radius 3 is 2.60 bits per heavy atom. The number of likely N-dealkylation sites (tertiary alicyclic amines) is 1. The molecule has 1 aromatic carbocycles. The van der Waals surface area contributed by atoms with E-state index in [4.69, 9.17) is 0 Å². The van der Waals surface area contributed by atoms with E-state index in [1.165, 1.54) is 0 Å². The maximum atomic E-state index is 13.4. The van der Waals surface area contributed by atoms with Crippen molar-refractivity contribution in [1.29, 1.82) is 0 Å². The van der Waals surface area contributed by atoms with E-state index >= 15 is 0 Å². The van der Waals surface area contributed by atoms with Crippen LogP contribution < -0.4 is 0 Å². The van der Waals surface area contributed by atoms with Crippen LogP contribution in [0.15, 0.2) is 43.0 Å². The minimum absolute atomic E-state index is 0.168. The van der Waals surface area contributed by atoms with Crippen LogP contribution in [0, 0.1) is 0 Å². The Hall–Kier alpha value is -1.22. The summed E-state index contributed by atoms with van der Waals surface area (Å²) in [5, 5.41) is 0. The van der Waals surface area contributed by atoms with Crippen molar-refractivity contribution in [2.75, 3.05) is 13.1 Å². The number of halogens is 2. The molecule has 0 amide bonds. The highest BCUT2D eigenvalue weighted by molar-refractivity contribution is 5.25. The summed E-state index contributed by atoms with van der Waals surface area (Å²) in [5.74, 6) is -2.61. The maximum Gasteiger partial charge on any atom is 0.279 e. The third kappa shape index (κ3) is 1.79. The monoisotopic (exact) mass is 209 g/mol. The normalized spacial score (nSPS) is 24.5. The lowest BCUT2D eigenvalue weighted by Gasteiger charge is -2.47. The molecule has 0 aliphatic carbocycles. The van der Waals surface area contributed by atoms with Gasteiger partial charge in [-0.25, -0.2) is 8.78 Å². The van der Waals surface area contributed by atoms with E-state index in [1.54, 1.807) is 35.2 Å². The standard InChI is InChI=1S/C12H13F2N/c1-2-8-15-9-12(13,14)11(15)10-6-4-3-5-7-10/h2-7,11H,1,8-9H2. The molecule has 3 heteroatoms. The van der Waals surface area contributed by atoms with Crippen molar-refractivity contribution in [3.8, 4) is 0 Å². The minimum Gasteiger partial charge on any atom is -0.281 e. The van der Waals surface area contributed by atoms with E-state index in [0.29, 0.717) is 12.1 Å². The molecule has 0 radical (unpaired) electrons. The molecule has 1 fully saturated rings. The van der Waals surface area contributed by atoms with Crippen molar-refractivity contribution in [3.63, 3.8) is 0 Å². The predicted octanol–water partition coefficient (Wildman–Crippen LogP) is 2.86. The third-order valence-electron chi connectivity index (χ3n) is 2.66. The van der Waals surface area contributed by atoms with Crippen molar-refractivity contribution in [2.45, 2.75) is 12.0 Å². The molecule has 1 unspecified atom stereocenters. The first-order valence-electron chi connectivity index (χ1n) is 4.93. The topological polar surface area (TPSA) is 3.24 Å². The summed E-state index contributed by atoms with van der Waals surface area (Å²) in [5.41, 5.74) is 0.676. The molecular weight excluding hydrogens is 196 g/mol. The summed E-state index contributed by atoms with van der Waals surface area (Å²) in [7, 11) is 0. The average molecular weight is 209 g/mol. The first-order chi connectivity index (χ1) is 7.15. The number of benzene rings is 1. The molecule has 0 N–H and O–H groups in total. The highest BCUT2D eigenvalue weighted by atomic mass is 19.3. The number of hydrogen-bond acceptors (Lipinski definition) is 1. The zero-order valence-electron chi connectivity index (χ0n) is 8.37. The van der Waals surface area contributed by atoms with Gasteiger partial charge in [0, 0.05) is 6.54 Å². The molecule has 15 heavy (non-hydrogen) atoms. The van der Waals surface area contributed by atoms with Gasteiger partial charge >= 0.3 is 0 Å². The molecule has 1 nitrogen and oxygen atoms in total. The highest BCUT2D eigenvalue weighted by Crippen LogP contribution is 2.45. The highest BCUT2D eigenvalue weighted by Gasteiger charge is 2.54. The zero-order chi connectivity index (χ0) is 10.9. The van der Waals surface area contributed by atoms with Crippen LogP contribution in [0.25, 0.3) is 0 Å². The number of alkyl halides is 2. The van der Waals surface area contributed by atoms with Gasteiger partial charge in [-0.1, -0.05) is 36.4 Å². The van der Waals surface area contributed by atoms with Gasteiger partial charge in [0.15, 0.2) is 0 Å². The summed E-state index contributed by atoms with van der Waals surface area (Å²) in [4.78, 5) is 1.72. The van der Waals surface area contributed by atoms with Crippen LogP contribution in [-0.4, -0.2) is 23.9 Å². The summed E-state index contributed by atoms with van der Waals surface area (Å²) < 4.78 is 26.8. The van der Waals surface area contributed by atoms with Crippen LogP contribution >= 0.6 is 0 Å². The second kappa shape index (κ2) is 3.74. The first-order valence-corrected chi connectivity index (χ1v) is 4.93. The lowest BCUT2D eigenvalue weighted by atomic mass is 9.91. The van der Waals surface area contributed by atoms with Crippen molar-refractivity contribution in [2.24, 2.45) is 0 Å². The molecule has 1 aliphatic rings. The summed E-state index contributed by atoms with van der Waals surface area (Å²) in [6, 6.07) is 8.11. The largest absolute Gasteiger partial charge is 0.281 e. The Labute approximate surface area is 88.0 Å². The fourth-order valence-corrected chi connectivity index (χ4v) is 2.03. The molecule has 1 saturated heterocycles. The molecular formula is C12H13F2N. The second-order valence-electron chi connectivity index (χ2n) is 3.79. The lowest BCUT2D eigenvalue weighted by molar-refractivity contribution is -0.182. The Morgan fingerprint density at radius 1 is 1.40 bits per heavy atom. The lowest BCUT2D eigenvalue weighted by Crippen LogP contribution is -2.58. The van der Waals surface area contributed by atoms with Crippen LogP contribution in [0.4, 0.5) is 8.78 Å². The molecule has 1 heterocycles. The number of nitrogens with zero attached hydrogens (tertiary/aromatic N) is 1. The smallest absolute Gasteiger partial charge is 0.279 e. The van der Waals surface area contributed by atoms with E-state index in [1.807, 2.05) is 6.07 Å². The number of rotatable bonds is 3. The Kier molecular flexibility index (Phi) is 2.57. The van der Waals surface area contributed by atoms with Gasteiger partial charge in [0.1, 0.15) is 6.04 Å². The summed E-state index contributed by atoms with van der Waals surface area (Å²) >= 11 is 0. The third-order valence-corrected chi connectivity index (χ3v) is 2.66. The number of hydrogen-bond donors (Lipinski definition) is 0. The van der Waals surface area contributed by atoms with Gasteiger partial charge < -0.3 is 0 Å². The fourth-order valence-electron chi connectivity index (χ4n) is 2.03.